The maximum Gasteiger partial charge on any atom is 0.257 e. The van der Waals surface area contributed by atoms with E-state index in [9.17, 15) is 9.59 Å². The molecule has 3 heterocycles. The Labute approximate surface area is 296 Å². The molecule has 2 amide bonds. The Morgan fingerprint density at radius 2 is 1.47 bits per heavy atom. The Bertz CT molecular complexity index is 2170. The Morgan fingerprint density at radius 1 is 0.725 bits per heavy atom. The van der Waals surface area contributed by atoms with E-state index >= 15 is 0 Å². The van der Waals surface area contributed by atoms with Gasteiger partial charge in [-0.05, 0) is 77.4 Å². The van der Waals surface area contributed by atoms with Gasteiger partial charge in [0.1, 0.15) is 0 Å². The van der Waals surface area contributed by atoms with Crippen molar-refractivity contribution in [2.24, 2.45) is 0 Å². The molecule has 0 atom stereocenters. The van der Waals surface area contributed by atoms with Crippen LogP contribution in [0.5, 0.6) is 11.5 Å². The molecule has 2 aromatic heterocycles. The van der Waals surface area contributed by atoms with E-state index in [1.165, 1.54) is 37.1 Å². The molecule has 0 aliphatic carbocycles. The summed E-state index contributed by atoms with van der Waals surface area (Å²) in [7, 11) is 3.00. The largest absolute Gasteiger partial charge is 0.493 e. The van der Waals surface area contributed by atoms with Crippen LogP contribution in [-0.2, 0) is 6.54 Å². The number of hydrogen-bond acceptors (Lipinski definition) is 8. The molecule has 256 valence electrons. The molecule has 4 aromatic carbocycles. The number of benzene rings is 4. The van der Waals surface area contributed by atoms with E-state index in [1.54, 1.807) is 18.2 Å². The number of piperazine rings is 1. The summed E-state index contributed by atoms with van der Waals surface area (Å²) in [5, 5.41) is 6.69. The van der Waals surface area contributed by atoms with Crippen molar-refractivity contribution in [1.29, 1.82) is 0 Å². The first-order valence-corrected chi connectivity index (χ1v) is 16.8. The van der Waals surface area contributed by atoms with Crippen molar-refractivity contribution >= 4 is 39.8 Å². The number of aromatic nitrogens is 2. The van der Waals surface area contributed by atoms with Crippen LogP contribution in [0.3, 0.4) is 0 Å². The zero-order chi connectivity index (χ0) is 35.2. The molecule has 1 aliphatic rings. The van der Waals surface area contributed by atoms with Crippen molar-refractivity contribution < 1.29 is 19.1 Å². The zero-order valence-corrected chi connectivity index (χ0v) is 28.5. The van der Waals surface area contributed by atoms with Crippen LogP contribution in [0.15, 0.2) is 122 Å². The molecule has 2 N–H and O–H groups in total. The number of ether oxygens (including phenoxy) is 2. The normalized spacial score (nSPS) is 13.1. The van der Waals surface area contributed by atoms with Crippen molar-refractivity contribution in [3.63, 3.8) is 0 Å². The van der Waals surface area contributed by atoms with E-state index in [2.05, 4.69) is 54.7 Å². The second kappa shape index (κ2) is 15.1. The minimum Gasteiger partial charge on any atom is -0.493 e. The van der Waals surface area contributed by atoms with Gasteiger partial charge in [0.2, 0.25) is 0 Å². The Morgan fingerprint density at radius 3 is 2.24 bits per heavy atom. The first-order valence-electron chi connectivity index (χ1n) is 16.8. The predicted octanol–water partition coefficient (Wildman–Crippen LogP) is 7.14. The maximum atomic E-state index is 13.7. The van der Waals surface area contributed by atoms with Gasteiger partial charge in [0, 0.05) is 74.1 Å². The molecule has 6 aromatic rings. The number of nitrogens with one attached hydrogen (secondary N) is 2. The van der Waals surface area contributed by atoms with Gasteiger partial charge in [0.05, 0.1) is 36.6 Å². The highest BCUT2D eigenvalue weighted by Crippen LogP contribution is 2.34. The maximum absolute atomic E-state index is 13.7. The first-order chi connectivity index (χ1) is 25.0. The van der Waals surface area contributed by atoms with E-state index < -0.39 is 11.8 Å². The van der Waals surface area contributed by atoms with Crippen molar-refractivity contribution in [3.05, 3.63) is 138 Å². The average Bonchev–Trinajstić information content (AvgIpc) is 3.18. The van der Waals surface area contributed by atoms with Gasteiger partial charge in [-0.1, -0.05) is 36.4 Å². The molecular weight excluding hydrogens is 640 g/mol. The highest BCUT2D eigenvalue weighted by molar-refractivity contribution is 6.13. The molecule has 1 aliphatic heterocycles. The van der Waals surface area contributed by atoms with Gasteiger partial charge < -0.3 is 25.0 Å². The van der Waals surface area contributed by atoms with Crippen LogP contribution in [-0.4, -0.2) is 67.1 Å². The second-order valence-electron chi connectivity index (χ2n) is 12.3. The monoisotopic (exact) mass is 678 g/mol. The van der Waals surface area contributed by atoms with Gasteiger partial charge in [0.15, 0.2) is 11.5 Å². The number of para-hydroxylation sites is 1. The van der Waals surface area contributed by atoms with Crippen LogP contribution in [0.2, 0.25) is 0 Å². The third-order valence-corrected chi connectivity index (χ3v) is 9.08. The molecular formula is C41H38N6O4. The molecule has 51 heavy (non-hydrogen) atoms. The molecule has 10 nitrogen and oxygen atoms in total. The summed E-state index contributed by atoms with van der Waals surface area (Å²) in [6.45, 7) is 4.59. The van der Waals surface area contributed by atoms with Crippen LogP contribution in [0.4, 0.5) is 17.1 Å². The lowest BCUT2D eigenvalue weighted by Crippen LogP contribution is -2.45. The quantitative estimate of drug-likeness (QED) is 0.157. The highest BCUT2D eigenvalue weighted by Gasteiger charge is 2.21. The number of rotatable bonds is 10. The molecule has 0 bridgehead atoms. The summed E-state index contributed by atoms with van der Waals surface area (Å²) in [4.78, 5) is 40.4. The lowest BCUT2D eigenvalue weighted by Gasteiger charge is -2.36. The number of nitrogens with zero attached hydrogens (tertiary/aromatic N) is 4. The standard InChI is InChI=1S/C41H38N6O4/c1-50-38-24-35(37(25-39(38)51-2)45-40(48)32-23-31-7-3-4-9-36(31)43-26-32)41(49)44-33-10-12-34(13-11-33)47-20-18-46(19-21-47)27-28-6-5-8-30(22-28)29-14-16-42-17-15-29/h3-17,22-26H,18-21,27H2,1-2H3,(H,44,49)(H,45,48). The summed E-state index contributed by atoms with van der Waals surface area (Å²) >= 11 is 0. The fraction of sp³-hybridized carbons (Fsp3) is 0.171. The molecule has 0 spiro atoms. The fourth-order valence-electron chi connectivity index (χ4n) is 6.33. The van der Waals surface area contributed by atoms with Gasteiger partial charge in [0.25, 0.3) is 11.8 Å². The lowest BCUT2D eigenvalue weighted by molar-refractivity contribution is 0.102. The predicted molar refractivity (Wildman–Crippen MR) is 201 cm³/mol. The first kappa shape index (κ1) is 33.2. The summed E-state index contributed by atoms with van der Waals surface area (Å²) in [6, 6.07) is 33.1. The molecule has 10 heteroatoms. The number of pyridine rings is 2. The van der Waals surface area contributed by atoms with E-state index in [0.29, 0.717) is 22.7 Å². The van der Waals surface area contributed by atoms with Gasteiger partial charge in [-0.3, -0.25) is 24.5 Å². The number of hydrogen-bond donors (Lipinski definition) is 2. The van der Waals surface area contributed by atoms with E-state index in [4.69, 9.17) is 9.47 Å². The summed E-state index contributed by atoms with van der Waals surface area (Å²) in [5.74, 6) is -0.0671. The van der Waals surface area contributed by atoms with Gasteiger partial charge >= 0.3 is 0 Å². The summed E-state index contributed by atoms with van der Waals surface area (Å²) in [6.07, 6.45) is 5.16. The highest BCUT2D eigenvalue weighted by atomic mass is 16.5. The zero-order valence-electron chi connectivity index (χ0n) is 28.5. The molecule has 7 rings (SSSR count). The van der Waals surface area contributed by atoms with Crippen LogP contribution < -0.4 is 25.0 Å². The number of fused-ring (bicyclic) bond motifs is 1. The third kappa shape index (κ3) is 7.66. The second-order valence-corrected chi connectivity index (χ2v) is 12.3. The smallest absolute Gasteiger partial charge is 0.257 e. The van der Waals surface area contributed by atoms with E-state index in [0.717, 1.165) is 49.3 Å². The number of anilines is 3. The van der Waals surface area contributed by atoms with Crippen molar-refractivity contribution in [2.75, 3.05) is 55.9 Å². The SMILES string of the molecule is COc1cc(NC(=O)c2cnc3ccccc3c2)c(C(=O)Nc2ccc(N3CCN(Cc4cccc(-c5ccncc5)c4)CC3)cc2)cc1OC. The number of carbonyl (C=O) groups excluding carboxylic acids is 2. The Balaban J connectivity index is 0.997. The molecule has 0 radical (unpaired) electrons. The molecule has 0 unspecified atom stereocenters. The van der Waals surface area contributed by atoms with E-state index in [1.807, 2.05) is 73.1 Å². The average molecular weight is 679 g/mol. The van der Waals surface area contributed by atoms with Gasteiger partial charge in [-0.25, -0.2) is 0 Å². The van der Waals surface area contributed by atoms with Crippen LogP contribution in [0, 0.1) is 0 Å². The minimum atomic E-state index is -0.405. The fourth-order valence-corrected chi connectivity index (χ4v) is 6.33. The van der Waals surface area contributed by atoms with Crippen LogP contribution in [0.25, 0.3) is 22.0 Å². The molecule has 1 fully saturated rings. The van der Waals surface area contributed by atoms with Crippen LogP contribution >= 0.6 is 0 Å². The topological polar surface area (TPSA) is 109 Å². The summed E-state index contributed by atoms with van der Waals surface area (Å²) in [5.41, 5.74) is 7.03. The Hall–Kier alpha value is -6.26. The van der Waals surface area contributed by atoms with Crippen molar-refractivity contribution in [2.45, 2.75) is 6.54 Å². The number of amides is 2. The number of methoxy groups -OCH3 is 2. The van der Waals surface area contributed by atoms with Crippen molar-refractivity contribution in [3.8, 4) is 22.6 Å². The van der Waals surface area contributed by atoms with Crippen molar-refractivity contribution in [1.82, 2.24) is 14.9 Å². The number of carbonyl (C=O) groups is 2. The molecule has 0 saturated carbocycles. The Kier molecular flexibility index (Phi) is 9.84. The minimum absolute atomic E-state index is 0.223. The van der Waals surface area contributed by atoms with E-state index in [-0.39, 0.29) is 11.3 Å². The van der Waals surface area contributed by atoms with Gasteiger partial charge in [-0.2, -0.15) is 0 Å². The van der Waals surface area contributed by atoms with Gasteiger partial charge in [-0.15, -0.1) is 0 Å². The lowest BCUT2D eigenvalue weighted by atomic mass is 10.0. The summed E-state index contributed by atoms with van der Waals surface area (Å²) < 4.78 is 11.0. The van der Waals surface area contributed by atoms with Crippen LogP contribution in [0.1, 0.15) is 26.3 Å². The molecule has 1 saturated heterocycles. The third-order valence-electron chi connectivity index (χ3n) is 9.08.